The van der Waals surface area contributed by atoms with Crippen molar-refractivity contribution in [3.8, 4) is 0 Å². The van der Waals surface area contributed by atoms with E-state index < -0.39 is 0 Å². The zero-order valence-corrected chi connectivity index (χ0v) is 7.63. The summed E-state index contributed by atoms with van der Waals surface area (Å²) in [4.78, 5) is 10.5. The van der Waals surface area contributed by atoms with Crippen LogP contribution in [0.1, 0.15) is 17.5 Å². The van der Waals surface area contributed by atoms with Gasteiger partial charge in [0.25, 0.3) is 0 Å². The molecule has 0 unspecified atom stereocenters. The minimum absolute atomic E-state index is 0.551. The van der Waals surface area contributed by atoms with Crippen LogP contribution in [0.15, 0.2) is 17.3 Å². The minimum atomic E-state index is 0.551. The number of nitrogens with zero attached hydrogens (tertiary/aromatic N) is 1. The average Bonchev–Trinajstić information content (AvgIpc) is 2.16. The number of nitroso groups, excluding NO2 is 1. The second-order valence-electron chi connectivity index (χ2n) is 3.44. The van der Waals surface area contributed by atoms with Gasteiger partial charge >= 0.3 is 0 Å². The Hall–Kier alpha value is -1.38. The second-order valence-corrected chi connectivity index (χ2v) is 3.44. The van der Waals surface area contributed by atoms with E-state index in [0.717, 1.165) is 30.6 Å². The summed E-state index contributed by atoms with van der Waals surface area (Å²) in [6.07, 6.45) is 2.18. The Morgan fingerprint density at radius 2 is 2.31 bits per heavy atom. The summed E-state index contributed by atoms with van der Waals surface area (Å²) in [5.74, 6) is 0. The molecule has 0 atom stereocenters. The van der Waals surface area contributed by atoms with Gasteiger partial charge in [-0.3, -0.25) is 0 Å². The van der Waals surface area contributed by atoms with Gasteiger partial charge in [0.05, 0.1) is 5.69 Å². The predicted molar refractivity (Wildman–Crippen MR) is 53.4 cm³/mol. The monoisotopic (exact) mass is 176 g/mol. The van der Waals surface area contributed by atoms with Crippen LogP contribution < -0.4 is 5.32 Å². The third-order valence-corrected chi connectivity index (χ3v) is 2.37. The number of fused-ring (bicyclic) bond motifs is 1. The fraction of sp³-hybridized carbons (Fsp3) is 0.400. The van der Waals surface area contributed by atoms with Crippen LogP contribution in [0.5, 0.6) is 0 Å². The van der Waals surface area contributed by atoms with E-state index in [1.165, 1.54) is 5.56 Å². The van der Waals surface area contributed by atoms with Crippen molar-refractivity contribution in [1.29, 1.82) is 0 Å². The van der Waals surface area contributed by atoms with Gasteiger partial charge in [0.2, 0.25) is 0 Å². The maximum Gasteiger partial charge on any atom is 0.131 e. The van der Waals surface area contributed by atoms with Crippen LogP contribution in [0.25, 0.3) is 0 Å². The van der Waals surface area contributed by atoms with Crippen molar-refractivity contribution < 1.29 is 0 Å². The number of aryl methyl sites for hydroxylation is 2. The third kappa shape index (κ3) is 1.41. The summed E-state index contributed by atoms with van der Waals surface area (Å²) in [7, 11) is 0. The van der Waals surface area contributed by atoms with E-state index in [9.17, 15) is 4.91 Å². The molecule has 3 heteroatoms. The number of hydrogen-bond acceptors (Lipinski definition) is 3. The lowest BCUT2D eigenvalue weighted by Crippen LogP contribution is -2.11. The van der Waals surface area contributed by atoms with E-state index in [2.05, 4.69) is 16.6 Å². The molecule has 0 fully saturated rings. The molecule has 0 aromatic heterocycles. The van der Waals surface area contributed by atoms with Crippen LogP contribution in [0.3, 0.4) is 0 Å². The summed E-state index contributed by atoms with van der Waals surface area (Å²) < 4.78 is 0. The molecule has 0 bridgehead atoms. The lowest BCUT2D eigenvalue weighted by molar-refractivity contribution is 0.829. The minimum Gasteiger partial charge on any atom is -0.383 e. The highest BCUT2D eigenvalue weighted by Gasteiger charge is 2.13. The van der Waals surface area contributed by atoms with E-state index >= 15 is 0 Å². The second kappa shape index (κ2) is 3.17. The molecule has 0 spiro atoms. The number of rotatable bonds is 1. The fourth-order valence-corrected chi connectivity index (χ4v) is 1.81. The zero-order valence-electron chi connectivity index (χ0n) is 7.63. The Morgan fingerprint density at radius 3 is 3.08 bits per heavy atom. The Kier molecular flexibility index (Phi) is 2.00. The van der Waals surface area contributed by atoms with Gasteiger partial charge in [0, 0.05) is 6.54 Å². The molecule has 13 heavy (non-hydrogen) atoms. The molecule has 1 aromatic carbocycles. The van der Waals surface area contributed by atoms with Crippen molar-refractivity contribution in [1.82, 2.24) is 0 Å². The van der Waals surface area contributed by atoms with Gasteiger partial charge in [-0.05, 0) is 42.1 Å². The molecule has 0 saturated heterocycles. The summed E-state index contributed by atoms with van der Waals surface area (Å²) >= 11 is 0. The van der Waals surface area contributed by atoms with E-state index in [-0.39, 0.29) is 0 Å². The number of anilines is 1. The first-order chi connectivity index (χ1) is 6.31. The molecular formula is C10H12N2O. The molecule has 1 aliphatic heterocycles. The van der Waals surface area contributed by atoms with Gasteiger partial charge in [-0.25, -0.2) is 0 Å². The molecule has 0 saturated carbocycles. The van der Waals surface area contributed by atoms with E-state index in [1.807, 2.05) is 13.0 Å². The standard InChI is InChI=1S/C10H12N2O/c1-7-5-8-3-2-4-11-10(8)9(6-7)12-13/h5-6,11H,2-4H2,1H3. The topological polar surface area (TPSA) is 41.5 Å². The van der Waals surface area contributed by atoms with E-state index in [0.29, 0.717) is 5.69 Å². The summed E-state index contributed by atoms with van der Waals surface area (Å²) in [6, 6.07) is 3.94. The Morgan fingerprint density at radius 1 is 1.46 bits per heavy atom. The Labute approximate surface area is 77.1 Å². The largest absolute Gasteiger partial charge is 0.383 e. The van der Waals surface area contributed by atoms with Crippen LogP contribution in [-0.2, 0) is 6.42 Å². The van der Waals surface area contributed by atoms with Crippen molar-refractivity contribution in [2.75, 3.05) is 11.9 Å². The molecule has 0 amide bonds. The van der Waals surface area contributed by atoms with Crippen LogP contribution in [0, 0.1) is 11.8 Å². The first-order valence-corrected chi connectivity index (χ1v) is 4.52. The average molecular weight is 176 g/mol. The fourth-order valence-electron chi connectivity index (χ4n) is 1.81. The highest BCUT2D eigenvalue weighted by atomic mass is 16.3. The van der Waals surface area contributed by atoms with E-state index in [1.54, 1.807) is 0 Å². The molecule has 2 rings (SSSR count). The van der Waals surface area contributed by atoms with Gasteiger partial charge in [-0.2, -0.15) is 0 Å². The maximum absolute atomic E-state index is 10.5. The van der Waals surface area contributed by atoms with E-state index in [4.69, 9.17) is 0 Å². The first-order valence-electron chi connectivity index (χ1n) is 4.52. The first kappa shape index (κ1) is 8.23. The normalized spacial score (nSPS) is 14.5. The smallest absolute Gasteiger partial charge is 0.131 e. The van der Waals surface area contributed by atoms with Crippen molar-refractivity contribution in [2.45, 2.75) is 19.8 Å². The molecule has 0 aliphatic carbocycles. The summed E-state index contributed by atoms with van der Waals surface area (Å²) in [5, 5.41) is 6.25. The highest BCUT2D eigenvalue weighted by molar-refractivity contribution is 5.71. The van der Waals surface area contributed by atoms with Gasteiger partial charge in [-0.1, -0.05) is 6.07 Å². The third-order valence-electron chi connectivity index (χ3n) is 2.37. The quantitative estimate of drug-likeness (QED) is 0.668. The van der Waals surface area contributed by atoms with Gasteiger partial charge in [0.1, 0.15) is 5.69 Å². The number of benzene rings is 1. The molecule has 1 aromatic rings. The Bertz CT molecular complexity index is 347. The van der Waals surface area contributed by atoms with Gasteiger partial charge in [0.15, 0.2) is 0 Å². The lowest BCUT2D eigenvalue weighted by Gasteiger charge is -2.19. The predicted octanol–water partition coefficient (Wildman–Crippen LogP) is 2.75. The SMILES string of the molecule is Cc1cc2c(c(N=O)c1)NCCC2. The van der Waals surface area contributed by atoms with Gasteiger partial charge < -0.3 is 5.32 Å². The van der Waals surface area contributed by atoms with Crippen molar-refractivity contribution in [3.05, 3.63) is 28.2 Å². The molecule has 0 radical (unpaired) electrons. The molecule has 1 aliphatic rings. The molecule has 1 heterocycles. The maximum atomic E-state index is 10.5. The van der Waals surface area contributed by atoms with Crippen molar-refractivity contribution >= 4 is 11.4 Å². The zero-order chi connectivity index (χ0) is 9.26. The van der Waals surface area contributed by atoms with Gasteiger partial charge in [-0.15, -0.1) is 4.91 Å². The molecule has 68 valence electrons. The molecular weight excluding hydrogens is 164 g/mol. The van der Waals surface area contributed by atoms with Crippen LogP contribution in [-0.4, -0.2) is 6.54 Å². The molecule has 3 nitrogen and oxygen atoms in total. The summed E-state index contributed by atoms with van der Waals surface area (Å²) in [6.45, 7) is 2.93. The molecule has 1 N–H and O–H groups in total. The number of hydrogen-bond donors (Lipinski definition) is 1. The van der Waals surface area contributed by atoms with Crippen LogP contribution >= 0.6 is 0 Å². The van der Waals surface area contributed by atoms with Crippen LogP contribution in [0.4, 0.5) is 11.4 Å². The summed E-state index contributed by atoms with van der Waals surface area (Å²) in [5.41, 5.74) is 3.82. The Balaban J connectivity index is 2.56. The van der Waals surface area contributed by atoms with Crippen molar-refractivity contribution in [3.63, 3.8) is 0 Å². The van der Waals surface area contributed by atoms with Crippen LogP contribution in [0.2, 0.25) is 0 Å². The highest BCUT2D eigenvalue weighted by Crippen LogP contribution is 2.33. The lowest BCUT2D eigenvalue weighted by atomic mass is 10.00. The van der Waals surface area contributed by atoms with Crippen molar-refractivity contribution in [2.24, 2.45) is 5.18 Å². The number of nitrogens with one attached hydrogen (secondary N) is 1.